The molecule has 0 saturated heterocycles. The van der Waals surface area contributed by atoms with E-state index in [1.54, 1.807) is 47.9 Å². The predicted molar refractivity (Wildman–Crippen MR) is 109 cm³/mol. The molecule has 1 heterocycles. The number of amides is 1. The van der Waals surface area contributed by atoms with Gasteiger partial charge in [-0.3, -0.25) is 4.79 Å². The van der Waals surface area contributed by atoms with Crippen LogP contribution in [0.2, 0.25) is 0 Å². The summed E-state index contributed by atoms with van der Waals surface area (Å²) in [5, 5.41) is 7.25. The van der Waals surface area contributed by atoms with Gasteiger partial charge in [-0.25, -0.2) is 9.07 Å². The van der Waals surface area contributed by atoms with Gasteiger partial charge in [0.05, 0.1) is 7.11 Å². The molecule has 1 N–H and O–H groups in total. The molecule has 5 nitrogen and oxygen atoms in total. The van der Waals surface area contributed by atoms with Crippen LogP contribution in [0.15, 0.2) is 59.6 Å². The van der Waals surface area contributed by atoms with Crippen LogP contribution in [0, 0.1) is 12.7 Å². The van der Waals surface area contributed by atoms with Crippen LogP contribution < -0.4 is 10.1 Å². The van der Waals surface area contributed by atoms with E-state index in [2.05, 4.69) is 10.4 Å². The third-order valence-electron chi connectivity index (χ3n) is 4.09. The Labute approximate surface area is 167 Å². The molecule has 28 heavy (non-hydrogen) atoms. The lowest BCUT2D eigenvalue weighted by molar-refractivity contribution is 0.0948. The average molecular weight is 399 g/mol. The minimum Gasteiger partial charge on any atom is -0.494 e. The third kappa shape index (κ3) is 5.13. The number of nitrogens with one attached hydrogen (secondary N) is 1. The molecule has 0 unspecified atom stereocenters. The van der Waals surface area contributed by atoms with Crippen molar-refractivity contribution >= 4 is 17.7 Å². The number of aromatic nitrogens is 2. The third-order valence-corrected chi connectivity index (χ3v) is 5.19. The van der Waals surface area contributed by atoms with Gasteiger partial charge in [0.15, 0.2) is 5.69 Å². The molecule has 146 valence electrons. The lowest BCUT2D eigenvalue weighted by atomic mass is 10.2. The first-order valence-electron chi connectivity index (χ1n) is 8.94. The summed E-state index contributed by atoms with van der Waals surface area (Å²) < 4.78 is 19.9. The second-order valence-corrected chi connectivity index (χ2v) is 7.40. The van der Waals surface area contributed by atoms with E-state index >= 15 is 0 Å². The summed E-state index contributed by atoms with van der Waals surface area (Å²) in [7, 11) is 1.61. The predicted octanol–water partition coefficient (Wildman–Crippen LogP) is 4.24. The molecule has 0 aliphatic rings. The van der Waals surface area contributed by atoms with Gasteiger partial charge >= 0.3 is 0 Å². The number of carbonyl (C=O) groups excluding carboxylic acids is 1. The Morgan fingerprint density at radius 3 is 2.75 bits per heavy atom. The summed E-state index contributed by atoms with van der Waals surface area (Å²) >= 11 is 1.63. The smallest absolute Gasteiger partial charge is 0.271 e. The summed E-state index contributed by atoms with van der Waals surface area (Å²) in [6, 6.07) is 13.9. The molecule has 1 amide bonds. The first-order chi connectivity index (χ1) is 13.6. The van der Waals surface area contributed by atoms with Gasteiger partial charge in [-0.1, -0.05) is 6.07 Å². The minimum atomic E-state index is -0.237. The van der Waals surface area contributed by atoms with Crippen LogP contribution in [-0.2, 0) is 0 Å². The van der Waals surface area contributed by atoms with Gasteiger partial charge in [-0.05, 0) is 67.1 Å². The molecule has 0 spiro atoms. The molecule has 0 saturated carbocycles. The van der Waals surface area contributed by atoms with E-state index in [9.17, 15) is 9.18 Å². The van der Waals surface area contributed by atoms with Crippen LogP contribution in [0.3, 0.4) is 0 Å². The molecule has 0 bridgehead atoms. The molecule has 0 fully saturated rings. The van der Waals surface area contributed by atoms with Gasteiger partial charge in [-0.2, -0.15) is 5.10 Å². The number of rotatable bonds is 8. The first-order valence-corrected chi connectivity index (χ1v) is 9.92. The number of carbonyl (C=O) groups is 1. The highest BCUT2D eigenvalue weighted by Crippen LogP contribution is 2.23. The molecule has 3 rings (SSSR count). The number of aryl methyl sites for hydroxylation is 1. The molecule has 0 aliphatic carbocycles. The van der Waals surface area contributed by atoms with Crippen LogP contribution in [0.1, 0.15) is 22.5 Å². The van der Waals surface area contributed by atoms with E-state index in [-0.39, 0.29) is 11.7 Å². The molecule has 3 aromatic rings. The molecule has 1 aromatic heterocycles. The van der Waals surface area contributed by atoms with Crippen molar-refractivity contribution in [3.05, 3.63) is 71.8 Å². The molecule has 0 radical (unpaired) electrons. The highest BCUT2D eigenvalue weighted by atomic mass is 32.2. The van der Waals surface area contributed by atoms with Crippen molar-refractivity contribution in [2.45, 2.75) is 18.2 Å². The number of methoxy groups -OCH3 is 1. The van der Waals surface area contributed by atoms with Gasteiger partial charge in [-0.15, -0.1) is 11.8 Å². The molecule has 0 atom stereocenters. The summed E-state index contributed by atoms with van der Waals surface area (Å²) in [4.78, 5) is 13.3. The van der Waals surface area contributed by atoms with Crippen molar-refractivity contribution in [1.29, 1.82) is 0 Å². The van der Waals surface area contributed by atoms with Crippen LogP contribution in [0.5, 0.6) is 5.75 Å². The highest BCUT2D eigenvalue weighted by molar-refractivity contribution is 7.99. The number of ether oxygens (including phenoxy) is 1. The van der Waals surface area contributed by atoms with Crippen LogP contribution in [-0.4, -0.2) is 35.1 Å². The van der Waals surface area contributed by atoms with Crippen molar-refractivity contribution in [2.24, 2.45) is 0 Å². The number of halogens is 1. The van der Waals surface area contributed by atoms with Gasteiger partial charge < -0.3 is 10.1 Å². The topological polar surface area (TPSA) is 56.1 Å². The Morgan fingerprint density at radius 2 is 2.00 bits per heavy atom. The zero-order valence-electron chi connectivity index (χ0n) is 15.8. The normalized spacial score (nSPS) is 10.7. The monoisotopic (exact) mass is 399 g/mol. The zero-order chi connectivity index (χ0) is 19.9. The summed E-state index contributed by atoms with van der Waals surface area (Å²) in [5.41, 5.74) is 2.22. The number of nitrogens with zero attached hydrogens (tertiary/aromatic N) is 2. The van der Waals surface area contributed by atoms with E-state index < -0.39 is 0 Å². The summed E-state index contributed by atoms with van der Waals surface area (Å²) in [5.74, 6) is 1.08. The minimum absolute atomic E-state index is 0.211. The number of hydrogen-bond acceptors (Lipinski definition) is 4. The number of hydrogen-bond donors (Lipinski definition) is 1. The largest absolute Gasteiger partial charge is 0.494 e. The van der Waals surface area contributed by atoms with Crippen molar-refractivity contribution in [1.82, 2.24) is 15.1 Å². The maximum absolute atomic E-state index is 12.9. The summed E-state index contributed by atoms with van der Waals surface area (Å²) in [6.07, 6.45) is 2.55. The van der Waals surface area contributed by atoms with Gasteiger partial charge in [0.1, 0.15) is 17.3 Å². The van der Waals surface area contributed by atoms with Crippen LogP contribution in [0.4, 0.5) is 4.39 Å². The Kier molecular flexibility index (Phi) is 6.71. The number of thioether (sulfide) groups is 1. The van der Waals surface area contributed by atoms with Crippen molar-refractivity contribution < 1.29 is 13.9 Å². The van der Waals surface area contributed by atoms with Gasteiger partial charge in [0.2, 0.25) is 0 Å². The average Bonchev–Trinajstić information content (AvgIpc) is 3.19. The molecular formula is C21H22FN3O2S. The quantitative estimate of drug-likeness (QED) is 0.455. The van der Waals surface area contributed by atoms with E-state index in [0.29, 0.717) is 18.0 Å². The fourth-order valence-corrected chi connectivity index (χ4v) is 3.50. The van der Waals surface area contributed by atoms with Crippen molar-refractivity contribution in [3.8, 4) is 11.4 Å². The SMILES string of the molecule is COc1ccc(C)cc1-n1ccc(C(=O)NCCCSc2ccc(F)cc2)n1. The fraction of sp³-hybridized carbons (Fsp3) is 0.238. The van der Waals surface area contributed by atoms with E-state index in [4.69, 9.17) is 4.74 Å². The second kappa shape index (κ2) is 9.41. The zero-order valence-corrected chi connectivity index (χ0v) is 16.6. The lowest BCUT2D eigenvalue weighted by Gasteiger charge is -2.09. The maximum atomic E-state index is 12.9. The Bertz CT molecular complexity index is 941. The molecule has 0 aliphatic heterocycles. The second-order valence-electron chi connectivity index (χ2n) is 6.23. The molecule has 2 aromatic carbocycles. The van der Waals surface area contributed by atoms with Crippen molar-refractivity contribution in [3.63, 3.8) is 0 Å². The van der Waals surface area contributed by atoms with Crippen LogP contribution in [0.25, 0.3) is 5.69 Å². The van der Waals surface area contributed by atoms with Crippen molar-refractivity contribution in [2.75, 3.05) is 19.4 Å². The number of benzene rings is 2. The Morgan fingerprint density at radius 1 is 1.21 bits per heavy atom. The van der Waals surface area contributed by atoms with E-state index in [1.165, 1.54) is 12.1 Å². The Hall–Kier alpha value is -2.80. The van der Waals surface area contributed by atoms with Gasteiger partial charge in [0, 0.05) is 17.6 Å². The molecular weight excluding hydrogens is 377 g/mol. The molecule has 7 heteroatoms. The van der Waals surface area contributed by atoms with E-state index in [0.717, 1.165) is 28.3 Å². The first kappa shape index (κ1) is 19.9. The van der Waals surface area contributed by atoms with E-state index in [1.807, 2.05) is 25.1 Å². The van der Waals surface area contributed by atoms with Gasteiger partial charge in [0.25, 0.3) is 5.91 Å². The standard InChI is InChI=1S/C21H22FN3O2S/c1-15-4-9-20(27-2)19(14-15)25-12-10-18(24-25)21(26)23-11-3-13-28-17-7-5-16(22)6-8-17/h4-10,12,14H,3,11,13H2,1-2H3,(H,23,26). The summed E-state index contributed by atoms with van der Waals surface area (Å²) in [6.45, 7) is 2.54. The highest BCUT2D eigenvalue weighted by Gasteiger charge is 2.12. The lowest BCUT2D eigenvalue weighted by Crippen LogP contribution is -2.25. The fourth-order valence-electron chi connectivity index (χ4n) is 2.64. The Balaban J connectivity index is 1.50. The maximum Gasteiger partial charge on any atom is 0.271 e. The van der Waals surface area contributed by atoms with Crippen LogP contribution >= 0.6 is 11.8 Å².